The van der Waals surface area contributed by atoms with Crippen molar-refractivity contribution in [3.8, 4) is 0 Å². The highest BCUT2D eigenvalue weighted by atomic mass is 16.2. The molecule has 1 aliphatic carbocycles. The van der Waals surface area contributed by atoms with E-state index in [0.29, 0.717) is 5.91 Å². The van der Waals surface area contributed by atoms with Gasteiger partial charge in [0.2, 0.25) is 11.8 Å². The molecule has 1 saturated carbocycles. The molecule has 0 aromatic carbocycles. The maximum absolute atomic E-state index is 12.7. The molecule has 0 spiro atoms. The van der Waals surface area contributed by atoms with Crippen LogP contribution in [0.25, 0.3) is 0 Å². The molecular weight excluding hydrogens is 290 g/mol. The van der Waals surface area contributed by atoms with Gasteiger partial charge >= 0.3 is 0 Å². The van der Waals surface area contributed by atoms with Gasteiger partial charge in [-0.15, -0.1) is 0 Å². The average molecular weight is 321 g/mol. The minimum absolute atomic E-state index is 0.0472. The summed E-state index contributed by atoms with van der Waals surface area (Å²) in [6.07, 6.45) is 8.13. The molecule has 2 amide bonds. The van der Waals surface area contributed by atoms with E-state index in [2.05, 4.69) is 9.80 Å². The molecule has 0 aromatic rings. The van der Waals surface area contributed by atoms with Crippen molar-refractivity contribution < 1.29 is 9.59 Å². The third-order valence-corrected chi connectivity index (χ3v) is 5.90. The van der Waals surface area contributed by atoms with Gasteiger partial charge in [-0.05, 0) is 32.6 Å². The molecule has 23 heavy (non-hydrogen) atoms. The Morgan fingerprint density at radius 1 is 0.783 bits per heavy atom. The van der Waals surface area contributed by atoms with Crippen LogP contribution in [-0.4, -0.2) is 71.8 Å². The first-order valence-electron chi connectivity index (χ1n) is 9.48. The number of rotatable bonds is 3. The fraction of sp³-hybridized carbons (Fsp3) is 0.889. The molecule has 2 heterocycles. The third-order valence-electron chi connectivity index (χ3n) is 5.90. The van der Waals surface area contributed by atoms with E-state index < -0.39 is 0 Å². The highest BCUT2D eigenvalue weighted by molar-refractivity contribution is 5.82. The molecule has 0 unspecified atom stereocenters. The number of amides is 2. The fourth-order valence-corrected chi connectivity index (χ4v) is 3.95. The van der Waals surface area contributed by atoms with E-state index in [4.69, 9.17) is 0 Å². The maximum atomic E-state index is 12.7. The normalized spacial score (nSPS) is 25.6. The summed E-state index contributed by atoms with van der Waals surface area (Å²) >= 11 is 0. The van der Waals surface area contributed by atoms with Gasteiger partial charge in [0.1, 0.15) is 0 Å². The predicted octanol–water partition coefficient (Wildman–Crippen LogP) is 1.72. The van der Waals surface area contributed by atoms with Crippen LogP contribution in [0.4, 0.5) is 0 Å². The van der Waals surface area contributed by atoms with E-state index in [1.54, 1.807) is 0 Å². The van der Waals surface area contributed by atoms with E-state index in [9.17, 15) is 9.59 Å². The number of nitrogens with zero attached hydrogens (tertiary/aromatic N) is 3. The zero-order valence-electron chi connectivity index (χ0n) is 14.5. The summed E-state index contributed by atoms with van der Waals surface area (Å²) in [5.74, 6) is 0.922. The van der Waals surface area contributed by atoms with Gasteiger partial charge in [-0.3, -0.25) is 14.5 Å². The van der Waals surface area contributed by atoms with Crippen molar-refractivity contribution in [1.82, 2.24) is 14.7 Å². The average Bonchev–Trinajstić information content (AvgIpc) is 2.81. The summed E-state index contributed by atoms with van der Waals surface area (Å²) in [4.78, 5) is 31.4. The van der Waals surface area contributed by atoms with Crippen molar-refractivity contribution in [2.24, 2.45) is 5.92 Å². The second kappa shape index (κ2) is 7.65. The molecule has 0 radical (unpaired) electrons. The largest absolute Gasteiger partial charge is 0.341 e. The van der Waals surface area contributed by atoms with E-state index in [0.717, 1.165) is 65.0 Å². The number of piperazine rings is 1. The standard InChI is InChI=1S/C18H31N3O2/c1-15(17(22)20-9-4-2-3-5-10-20)19-11-13-21(14-12-19)18(23)16-7-6-8-16/h15-16H,2-14H2,1H3/t15-/m1/s1. The number of carbonyl (C=O) groups excluding carboxylic acids is 2. The quantitative estimate of drug-likeness (QED) is 0.795. The molecule has 2 saturated heterocycles. The molecule has 1 atom stereocenters. The predicted molar refractivity (Wildman–Crippen MR) is 90.0 cm³/mol. The first-order valence-corrected chi connectivity index (χ1v) is 9.48. The maximum Gasteiger partial charge on any atom is 0.239 e. The van der Waals surface area contributed by atoms with E-state index in [1.165, 1.54) is 19.3 Å². The highest BCUT2D eigenvalue weighted by Crippen LogP contribution is 2.28. The Bertz CT molecular complexity index is 420. The number of carbonyl (C=O) groups is 2. The zero-order chi connectivity index (χ0) is 16.2. The van der Waals surface area contributed by atoms with Crippen molar-refractivity contribution in [1.29, 1.82) is 0 Å². The Labute approximate surface area is 140 Å². The molecule has 2 aliphatic heterocycles. The SMILES string of the molecule is C[C@H](C(=O)N1CCCCCC1)N1CCN(C(=O)C2CCC2)CC1. The first kappa shape index (κ1) is 16.7. The summed E-state index contributed by atoms with van der Waals surface area (Å²) in [7, 11) is 0. The van der Waals surface area contributed by atoms with Crippen LogP contribution < -0.4 is 0 Å². The van der Waals surface area contributed by atoms with Crippen LogP contribution in [0.3, 0.4) is 0 Å². The molecule has 5 heteroatoms. The topological polar surface area (TPSA) is 43.9 Å². The Balaban J connectivity index is 1.48. The molecule has 0 N–H and O–H groups in total. The Hall–Kier alpha value is -1.10. The van der Waals surface area contributed by atoms with Gasteiger partial charge in [-0.1, -0.05) is 19.3 Å². The van der Waals surface area contributed by atoms with E-state index >= 15 is 0 Å². The number of hydrogen-bond donors (Lipinski definition) is 0. The van der Waals surface area contributed by atoms with Gasteiger partial charge in [0.25, 0.3) is 0 Å². The zero-order valence-corrected chi connectivity index (χ0v) is 14.5. The van der Waals surface area contributed by atoms with Crippen molar-refractivity contribution in [3.63, 3.8) is 0 Å². The Kier molecular flexibility index (Phi) is 5.57. The molecule has 3 aliphatic rings. The molecular formula is C18H31N3O2. The molecule has 3 rings (SSSR count). The molecule has 5 nitrogen and oxygen atoms in total. The van der Waals surface area contributed by atoms with Crippen molar-refractivity contribution in [2.45, 2.75) is 57.9 Å². The van der Waals surface area contributed by atoms with Gasteiger partial charge in [-0.2, -0.15) is 0 Å². The minimum Gasteiger partial charge on any atom is -0.341 e. The summed E-state index contributed by atoms with van der Waals surface area (Å²) < 4.78 is 0. The summed E-state index contributed by atoms with van der Waals surface area (Å²) in [6, 6.07) is -0.0472. The lowest BCUT2D eigenvalue weighted by Crippen LogP contribution is -2.56. The lowest BCUT2D eigenvalue weighted by atomic mass is 9.84. The Morgan fingerprint density at radius 3 is 1.91 bits per heavy atom. The van der Waals surface area contributed by atoms with Crippen LogP contribution in [0.5, 0.6) is 0 Å². The molecule has 0 aromatic heterocycles. The highest BCUT2D eigenvalue weighted by Gasteiger charge is 2.33. The van der Waals surface area contributed by atoms with Gasteiger partial charge < -0.3 is 9.80 Å². The van der Waals surface area contributed by atoms with Gasteiger partial charge in [0.05, 0.1) is 6.04 Å². The summed E-state index contributed by atoms with van der Waals surface area (Å²) in [5.41, 5.74) is 0. The van der Waals surface area contributed by atoms with Crippen LogP contribution in [0.2, 0.25) is 0 Å². The van der Waals surface area contributed by atoms with Crippen molar-refractivity contribution in [2.75, 3.05) is 39.3 Å². The van der Waals surface area contributed by atoms with Crippen LogP contribution in [-0.2, 0) is 9.59 Å². The smallest absolute Gasteiger partial charge is 0.239 e. The van der Waals surface area contributed by atoms with Gasteiger partial charge in [0, 0.05) is 45.2 Å². The van der Waals surface area contributed by atoms with Crippen LogP contribution in [0.1, 0.15) is 51.9 Å². The monoisotopic (exact) mass is 321 g/mol. The second-order valence-electron chi connectivity index (χ2n) is 7.40. The van der Waals surface area contributed by atoms with Crippen LogP contribution in [0, 0.1) is 5.92 Å². The van der Waals surface area contributed by atoms with Crippen molar-refractivity contribution in [3.05, 3.63) is 0 Å². The Morgan fingerprint density at radius 2 is 1.39 bits per heavy atom. The van der Waals surface area contributed by atoms with Crippen molar-refractivity contribution >= 4 is 11.8 Å². The van der Waals surface area contributed by atoms with Crippen LogP contribution >= 0.6 is 0 Å². The third kappa shape index (κ3) is 3.87. The minimum atomic E-state index is -0.0472. The number of hydrogen-bond acceptors (Lipinski definition) is 3. The molecule has 3 fully saturated rings. The lowest BCUT2D eigenvalue weighted by Gasteiger charge is -2.40. The van der Waals surface area contributed by atoms with Gasteiger partial charge in [0.15, 0.2) is 0 Å². The number of likely N-dealkylation sites (tertiary alicyclic amines) is 1. The van der Waals surface area contributed by atoms with E-state index in [1.807, 2.05) is 11.8 Å². The lowest BCUT2D eigenvalue weighted by molar-refractivity contribution is -0.142. The van der Waals surface area contributed by atoms with Gasteiger partial charge in [-0.25, -0.2) is 0 Å². The molecule has 0 bridgehead atoms. The second-order valence-corrected chi connectivity index (χ2v) is 7.40. The first-order chi connectivity index (χ1) is 11.2. The summed E-state index contributed by atoms with van der Waals surface area (Å²) in [5, 5.41) is 0. The fourth-order valence-electron chi connectivity index (χ4n) is 3.95. The van der Waals surface area contributed by atoms with E-state index in [-0.39, 0.29) is 17.9 Å². The summed E-state index contributed by atoms with van der Waals surface area (Å²) in [6.45, 7) is 7.11. The van der Waals surface area contributed by atoms with Crippen LogP contribution in [0.15, 0.2) is 0 Å². The molecule has 130 valence electrons.